The molecular formula is C7H7NO4. The van der Waals surface area contributed by atoms with E-state index in [1.807, 2.05) is 0 Å². The third-order valence-electron chi connectivity index (χ3n) is 1.51. The highest BCUT2D eigenvalue weighted by Crippen LogP contribution is 2.12. The van der Waals surface area contributed by atoms with Gasteiger partial charge in [-0.1, -0.05) is 0 Å². The maximum Gasteiger partial charge on any atom is 0.353 e. The monoisotopic (exact) mass is 169 g/mol. The molecule has 0 amide bonds. The molecule has 1 aromatic heterocycles. The van der Waals surface area contributed by atoms with Crippen molar-refractivity contribution in [2.45, 2.75) is 6.92 Å². The maximum absolute atomic E-state index is 10.5. The van der Waals surface area contributed by atoms with Crippen molar-refractivity contribution >= 4 is 11.9 Å². The van der Waals surface area contributed by atoms with Gasteiger partial charge in [0.25, 0.3) is 0 Å². The van der Waals surface area contributed by atoms with E-state index < -0.39 is 11.9 Å². The van der Waals surface area contributed by atoms with Crippen molar-refractivity contribution in [3.63, 3.8) is 0 Å². The van der Waals surface area contributed by atoms with Crippen LogP contribution in [0, 0.1) is 6.92 Å². The fourth-order valence-corrected chi connectivity index (χ4v) is 0.966. The van der Waals surface area contributed by atoms with E-state index in [1.54, 1.807) is 0 Å². The van der Waals surface area contributed by atoms with Gasteiger partial charge in [0.15, 0.2) is 0 Å². The number of aromatic carboxylic acids is 2. The first-order valence-electron chi connectivity index (χ1n) is 3.18. The zero-order chi connectivity index (χ0) is 9.30. The van der Waals surface area contributed by atoms with Crippen molar-refractivity contribution in [2.24, 2.45) is 0 Å². The van der Waals surface area contributed by atoms with Crippen LogP contribution in [0.3, 0.4) is 0 Å². The van der Waals surface area contributed by atoms with Gasteiger partial charge in [-0.3, -0.25) is 0 Å². The number of aryl methyl sites for hydroxylation is 1. The standard InChI is InChI=1S/C7H7NO4/c1-3-2-8-5(7(11)12)4(3)6(9)10/h2,8H,1H3,(H,9,10)(H,11,12). The Morgan fingerprint density at radius 2 is 1.92 bits per heavy atom. The van der Waals surface area contributed by atoms with Crippen LogP contribution in [0.5, 0.6) is 0 Å². The first-order chi connectivity index (χ1) is 5.54. The van der Waals surface area contributed by atoms with E-state index in [2.05, 4.69) is 4.98 Å². The summed E-state index contributed by atoms with van der Waals surface area (Å²) in [5.74, 6) is -2.49. The summed E-state index contributed by atoms with van der Waals surface area (Å²) in [7, 11) is 0. The molecule has 0 atom stereocenters. The predicted molar refractivity (Wildman–Crippen MR) is 39.4 cm³/mol. The van der Waals surface area contributed by atoms with Crippen LogP contribution < -0.4 is 0 Å². The molecule has 0 aliphatic rings. The van der Waals surface area contributed by atoms with Gasteiger partial charge >= 0.3 is 11.9 Å². The van der Waals surface area contributed by atoms with Gasteiger partial charge in [-0.05, 0) is 12.5 Å². The summed E-state index contributed by atoms with van der Waals surface area (Å²) < 4.78 is 0. The van der Waals surface area contributed by atoms with E-state index in [0.29, 0.717) is 5.56 Å². The zero-order valence-corrected chi connectivity index (χ0v) is 6.29. The normalized spacial score (nSPS) is 9.75. The molecule has 1 aromatic rings. The maximum atomic E-state index is 10.5. The van der Waals surface area contributed by atoms with Gasteiger partial charge in [0.2, 0.25) is 0 Å². The molecule has 12 heavy (non-hydrogen) atoms. The molecule has 0 aliphatic carbocycles. The number of aromatic nitrogens is 1. The highest BCUT2D eigenvalue weighted by atomic mass is 16.4. The van der Waals surface area contributed by atoms with Gasteiger partial charge < -0.3 is 15.2 Å². The second-order valence-electron chi connectivity index (χ2n) is 2.33. The van der Waals surface area contributed by atoms with E-state index in [0.717, 1.165) is 0 Å². The van der Waals surface area contributed by atoms with Crippen LogP contribution in [0.25, 0.3) is 0 Å². The Balaban J connectivity index is 3.31. The SMILES string of the molecule is Cc1c[nH]c(C(=O)O)c1C(=O)O. The summed E-state index contributed by atoms with van der Waals surface area (Å²) in [6, 6.07) is 0. The zero-order valence-electron chi connectivity index (χ0n) is 6.29. The molecule has 5 nitrogen and oxygen atoms in total. The summed E-state index contributed by atoms with van der Waals surface area (Å²) in [5.41, 5.74) is -0.0394. The molecule has 64 valence electrons. The molecule has 1 heterocycles. The molecule has 0 fully saturated rings. The van der Waals surface area contributed by atoms with Crippen molar-refractivity contribution in [1.29, 1.82) is 0 Å². The van der Waals surface area contributed by atoms with Crippen LogP contribution in [0.15, 0.2) is 6.20 Å². The Morgan fingerprint density at radius 3 is 2.25 bits per heavy atom. The second kappa shape index (κ2) is 2.69. The van der Waals surface area contributed by atoms with Crippen molar-refractivity contribution in [2.75, 3.05) is 0 Å². The average Bonchev–Trinajstić information content (AvgIpc) is 2.30. The lowest BCUT2D eigenvalue weighted by molar-refractivity contribution is 0.0648. The Hall–Kier alpha value is -1.78. The molecule has 0 saturated carbocycles. The molecule has 0 unspecified atom stereocenters. The number of hydrogen-bond acceptors (Lipinski definition) is 2. The molecule has 0 spiro atoms. The van der Waals surface area contributed by atoms with Gasteiger partial charge in [0, 0.05) is 6.20 Å². The van der Waals surface area contributed by atoms with Gasteiger partial charge in [0.1, 0.15) is 5.69 Å². The first kappa shape index (κ1) is 8.32. The lowest BCUT2D eigenvalue weighted by Crippen LogP contribution is -2.07. The second-order valence-corrected chi connectivity index (χ2v) is 2.33. The lowest BCUT2D eigenvalue weighted by Gasteiger charge is -1.93. The minimum atomic E-state index is -1.26. The minimum Gasteiger partial charge on any atom is -0.478 e. The van der Waals surface area contributed by atoms with Crippen molar-refractivity contribution in [3.05, 3.63) is 23.0 Å². The molecule has 0 aromatic carbocycles. The van der Waals surface area contributed by atoms with Crippen LogP contribution in [0.4, 0.5) is 0 Å². The quantitative estimate of drug-likeness (QED) is 0.608. The van der Waals surface area contributed by atoms with Crippen LogP contribution in [-0.2, 0) is 0 Å². The van der Waals surface area contributed by atoms with Gasteiger partial charge in [-0.25, -0.2) is 9.59 Å². The van der Waals surface area contributed by atoms with Gasteiger partial charge in [0.05, 0.1) is 5.56 Å². The largest absolute Gasteiger partial charge is 0.478 e. The number of carbonyl (C=O) groups is 2. The van der Waals surface area contributed by atoms with E-state index in [9.17, 15) is 9.59 Å². The third kappa shape index (κ3) is 1.16. The summed E-state index contributed by atoms with van der Waals surface area (Å²) in [6.45, 7) is 1.53. The highest BCUT2D eigenvalue weighted by Gasteiger charge is 2.19. The highest BCUT2D eigenvalue weighted by molar-refractivity contribution is 6.01. The summed E-state index contributed by atoms with van der Waals surface area (Å²) in [5, 5.41) is 17.1. The number of hydrogen-bond donors (Lipinski definition) is 3. The molecule has 3 N–H and O–H groups in total. The number of carboxylic acid groups (broad SMARTS) is 2. The molecule has 0 bridgehead atoms. The van der Waals surface area contributed by atoms with E-state index in [4.69, 9.17) is 10.2 Å². The number of aromatic amines is 1. The van der Waals surface area contributed by atoms with Crippen molar-refractivity contribution in [3.8, 4) is 0 Å². The Bertz CT molecular complexity index is 339. The van der Waals surface area contributed by atoms with Gasteiger partial charge in [-0.15, -0.1) is 0 Å². The number of rotatable bonds is 2. The van der Waals surface area contributed by atoms with Crippen LogP contribution in [0.2, 0.25) is 0 Å². The fourth-order valence-electron chi connectivity index (χ4n) is 0.966. The van der Waals surface area contributed by atoms with Crippen molar-refractivity contribution in [1.82, 2.24) is 4.98 Å². The Labute approximate surface area is 67.6 Å². The molecule has 0 radical (unpaired) electrons. The Kier molecular flexibility index (Phi) is 1.86. The van der Waals surface area contributed by atoms with Crippen LogP contribution in [-0.4, -0.2) is 27.1 Å². The van der Waals surface area contributed by atoms with E-state index >= 15 is 0 Å². The number of carboxylic acids is 2. The van der Waals surface area contributed by atoms with Gasteiger partial charge in [-0.2, -0.15) is 0 Å². The topological polar surface area (TPSA) is 90.4 Å². The first-order valence-corrected chi connectivity index (χ1v) is 3.18. The van der Waals surface area contributed by atoms with Crippen LogP contribution in [0.1, 0.15) is 26.4 Å². The molecule has 0 saturated heterocycles. The predicted octanol–water partition coefficient (Wildman–Crippen LogP) is 0.720. The molecule has 0 aliphatic heterocycles. The number of H-pyrrole nitrogens is 1. The third-order valence-corrected chi connectivity index (χ3v) is 1.51. The smallest absolute Gasteiger partial charge is 0.353 e. The van der Waals surface area contributed by atoms with E-state index in [-0.39, 0.29) is 11.3 Å². The summed E-state index contributed by atoms with van der Waals surface area (Å²) in [4.78, 5) is 23.3. The molecule has 1 rings (SSSR count). The average molecular weight is 169 g/mol. The van der Waals surface area contributed by atoms with E-state index in [1.165, 1.54) is 13.1 Å². The molecule has 5 heteroatoms. The van der Waals surface area contributed by atoms with Crippen LogP contribution >= 0.6 is 0 Å². The summed E-state index contributed by atoms with van der Waals surface area (Å²) >= 11 is 0. The lowest BCUT2D eigenvalue weighted by atomic mass is 10.1. The molecular weight excluding hydrogens is 162 g/mol. The van der Waals surface area contributed by atoms with Crippen molar-refractivity contribution < 1.29 is 19.8 Å². The minimum absolute atomic E-state index is 0.178. The fraction of sp³-hybridized carbons (Fsp3) is 0.143. The summed E-state index contributed by atoms with van der Waals surface area (Å²) in [6.07, 6.45) is 1.35. The number of nitrogens with one attached hydrogen (secondary N) is 1. The Morgan fingerprint density at radius 1 is 1.33 bits per heavy atom.